The van der Waals surface area contributed by atoms with E-state index in [0.29, 0.717) is 15.8 Å². The molecular formula is C15H14ClNO3S. The first-order chi connectivity index (χ1) is 10.1. The van der Waals surface area contributed by atoms with Gasteiger partial charge in [-0.15, -0.1) is 11.3 Å². The number of rotatable bonds is 6. The van der Waals surface area contributed by atoms with Gasteiger partial charge in [0.05, 0.1) is 15.6 Å². The number of hydrogen-bond acceptors (Lipinski definition) is 3. The van der Waals surface area contributed by atoms with Crippen LogP contribution in [0.5, 0.6) is 0 Å². The van der Waals surface area contributed by atoms with Crippen molar-refractivity contribution in [2.24, 2.45) is 0 Å². The van der Waals surface area contributed by atoms with Crippen molar-refractivity contribution in [3.63, 3.8) is 0 Å². The fraction of sp³-hybridized carbons (Fsp3) is 0.200. The summed E-state index contributed by atoms with van der Waals surface area (Å²) in [6.07, 6.45) is -0.0856. The molecule has 0 aliphatic heterocycles. The molecule has 0 saturated heterocycles. The number of carbonyl (C=O) groups excluding carboxylic acids is 1. The van der Waals surface area contributed by atoms with Gasteiger partial charge in [0, 0.05) is 13.1 Å². The minimum absolute atomic E-state index is 0.0856. The topological polar surface area (TPSA) is 57.6 Å². The summed E-state index contributed by atoms with van der Waals surface area (Å²) in [7, 11) is 0. The Kier molecular flexibility index (Phi) is 5.36. The van der Waals surface area contributed by atoms with Crippen molar-refractivity contribution in [2.75, 3.05) is 6.54 Å². The second-order valence-corrected chi connectivity index (χ2v) is 6.17. The lowest BCUT2D eigenvalue weighted by atomic mass is 10.2. The molecule has 1 amide bonds. The van der Waals surface area contributed by atoms with E-state index in [0.717, 1.165) is 5.56 Å². The van der Waals surface area contributed by atoms with Gasteiger partial charge in [0.25, 0.3) is 5.91 Å². The number of carboxylic acid groups (broad SMARTS) is 1. The monoisotopic (exact) mass is 323 g/mol. The number of hydrogen-bond donors (Lipinski definition) is 1. The van der Waals surface area contributed by atoms with E-state index in [-0.39, 0.29) is 18.9 Å². The van der Waals surface area contributed by atoms with Gasteiger partial charge in [-0.2, -0.15) is 0 Å². The number of carboxylic acids is 1. The predicted octanol–water partition coefficient (Wildman–Crippen LogP) is 3.52. The zero-order valence-electron chi connectivity index (χ0n) is 11.2. The van der Waals surface area contributed by atoms with Crippen LogP contribution in [-0.4, -0.2) is 28.4 Å². The fourth-order valence-electron chi connectivity index (χ4n) is 1.87. The van der Waals surface area contributed by atoms with Gasteiger partial charge < -0.3 is 10.0 Å². The molecule has 110 valence electrons. The highest BCUT2D eigenvalue weighted by Crippen LogP contribution is 2.23. The van der Waals surface area contributed by atoms with E-state index in [9.17, 15) is 9.59 Å². The highest BCUT2D eigenvalue weighted by molar-refractivity contribution is 7.17. The van der Waals surface area contributed by atoms with Crippen LogP contribution in [0.4, 0.5) is 0 Å². The van der Waals surface area contributed by atoms with Gasteiger partial charge in [-0.1, -0.05) is 41.9 Å². The molecule has 1 heterocycles. The fourth-order valence-corrected chi connectivity index (χ4v) is 2.88. The Morgan fingerprint density at radius 2 is 1.86 bits per heavy atom. The number of amides is 1. The molecule has 0 aliphatic rings. The third kappa shape index (κ3) is 4.58. The summed E-state index contributed by atoms with van der Waals surface area (Å²) < 4.78 is 0.538. The minimum Gasteiger partial charge on any atom is -0.481 e. The first-order valence-corrected chi connectivity index (χ1v) is 7.56. The van der Waals surface area contributed by atoms with E-state index < -0.39 is 5.97 Å². The van der Waals surface area contributed by atoms with Crippen molar-refractivity contribution in [3.8, 4) is 0 Å². The highest BCUT2D eigenvalue weighted by atomic mass is 35.5. The van der Waals surface area contributed by atoms with Crippen LogP contribution in [0, 0.1) is 0 Å². The summed E-state index contributed by atoms with van der Waals surface area (Å²) in [6.45, 7) is 0.543. The predicted molar refractivity (Wildman–Crippen MR) is 82.8 cm³/mol. The molecule has 0 aliphatic carbocycles. The Morgan fingerprint density at radius 3 is 2.43 bits per heavy atom. The molecule has 1 aromatic carbocycles. The number of halogens is 1. The molecule has 0 unspecified atom stereocenters. The molecule has 0 radical (unpaired) electrons. The lowest BCUT2D eigenvalue weighted by molar-refractivity contribution is -0.137. The average Bonchev–Trinajstić information content (AvgIpc) is 2.90. The molecule has 0 spiro atoms. The highest BCUT2D eigenvalue weighted by Gasteiger charge is 2.18. The van der Waals surface area contributed by atoms with Crippen LogP contribution in [0.15, 0.2) is 42.5 Å². The normalized spacial score (nSPS) is 10.3. The van der Waals surface area contributed by atoms with Crippen molar-refractivity contribution >= 4 is 34.8 Å². The van der Waals surface area contributed by atoms with Crippen LogP contribution in [0.3, 0.4) is 0 Å². The Bertz CT molecular complexity index is 627. The largest absolute Gasteiger partial charge is 0.481 e. The average molecular weight is 324 g/mol. The van der Waals surface area contributed by atoms with Crippen LogP contribution in [0.1, 0.15) is 21.7 Å². The van der Waals surface area contributed by atoms with E-state index in [1.165, 1.54) is 16.2 Å². The van der Waals surface area contributed by atoms with Gasteiger partial charge in [-0.25, -0.2) is 0 Å². The van der Waals surface area contributed by atoms with Crippen molar-refractivity contribution in [1.82, 2.24) is 4.90 Å². The van der Waals surface area contributed by atoms with Crippen LogP contribution in [-0.2, 0) is 11.3 Å². The Morgan fingerprint density at radius 1 is 1.14 bits per heavy atom. The van der Waals surface area contributed by atoms with Gasteiger partial charge in [-0.3, -0.25) is 9.59 Å². The summed E-state index contributed by atoms with van der Waals surface area (Å²) in [5, 5.41) is 8.83. The Balaban J connectivity index is 2.14. The smallest absolute Gasteiger partial charge is 0.305 e. The second kappa shape index (κ2) is 7.24. The second-order valence-electron chi connectivity index (χ2n) is 4.46. The molecule has 0 saturated carbocycles. The maximum absolute atomic E-state index is 12.5. The number of benzene rings is 1. The van der Waals surface area contributed by atoms with Crippen LogP contribution < -0.4 is 0 Å². The summed E-state index contributed by atoms with van der Waals surface area (Å²) in [5.74, 6) is -1.12. The molecule has 0 bridgehead atoms. The van der Waals surface area contributed by atoms with Crippen molar-refractivity contribution in [3.05, 3.63) is 57.2 Å². The maximum Gasteiger partial charge on any atom is 0.305 e. The van der Waals surface area contributed by atoms with Gasteiger partial charge in [0.2, 0.25) is 0 Å². The summed E-state index contributed by atoms with van der Waals surface area (Å²) >= 11 is 7.05. The molecule has 6 heteroatoms. The Labute approximate surface area is 131 Å². The third-order valence-corrected chi connectivity index (χ3v) is 4.10. The van der Waals surface area contributed by atoms with Crippen molar-refractivity contribution < 1.29 is 14.7 Å². The summed E-state index contributed by atoms with van der Waals surface area (Å²) in [5.41, 5.74) is 0.957. The van der Waals surface area contributed by atoms with Crippen LogP contribution in [0.2, 0.25) is 4.34 Å². The summed E-state index contributed by atoms with van der Waals surface area (Å²) in [6, 6.07) is 12.8. The van der Waals surface area contributed by atoms with E-state index in [4.69, 9.17) is 16.7 Å². The third-order valence-electron chi connectivity index (χ3n) is 2.88. The van der Waals surface area contributed by atoms with Crippen LogP contribution in [0.25, 0.3) is 0 Å². The lowest BCUT2D eigenvalue weighted by Gasteiger charge is -2.21. The van der Waals surface area contributed by atoms with E-state index >= 15 is 0 Å². The number of nitrogens with zero attached hydrogens (tertiary/aromatic N) is 1. The molecule has 4 nitrogen and oxygen atoms in total. The maximum atomic E-state index is 12.5. The lowest BCUT2D eigenvalue weighted by Crippen LogP contribution is -2.32. The molecule has 0 fully saturated rings. The zero-order chi connectivity index (χ0) is 15.2. The van der Waals surface area contributed by atoms with Crippen molar-refractivity contribution in [1.29, 1.82) is 0 Å². The van der Waals surface area contributed by atoms with Crippen molar-refractivity contribution in [2.45, 2.75) is 13.0 Å². The summed E-state index contributed by atoms with van der Waals surface area (Å²) in [4.78, 5) is 25.3. The molecule has 2 aromatic rings. The van der Waals surface area contributed by atoms with E-state index in [1.807, 2.05) is 30.3 Å². The Hall–Kier alpha value is -1.85. The number of carbonyl (C=O) groups is 2. The van der Waals surface area contributed by atoms with Gasteiger partial charge >= 0.3 is 5.97 Å². The molecule has 1 N–H and O–H groups in total. The standard InChI is InChI=1S/C15H14ClNO3S/c16-13-7-6-12(21-13)15(20)17(9-8-14(18)19)10-11-4-2-1-3-5-11/h1-7H,8-10H2,(H,18,19). The molecule has 2 rings (SSSR count). The quantitative estimate of drug-likeness (QED) is 0.885. The molecule has 21 heavy (non-hydrogen) atoms. The molecule has 0 atom stereocenters. The van der Waals surface area contributed by atoms with Gasteiger partial charge in [0.15, 0.2) is 0 Å². The molecule has 1 aromatic heterocycles. The van der Waals surface area contributed by atoms with Crippen LogP contribution >= 0.6 is 22.9 Å². The minimum atomic E-state index is -0.926. The van der Waals surface area contributed by atoms with Gasteiger partial charge in [-0.05, 0) is 17.7 Å². The van der Waals surface area contributed by atoms with E-state index in [2.05, 4.69) is 0 Å². The zero-order valence-corrected chi connectivity index (χ0v) is 12.7. The molecular weight excluding hydrogens is 310 g/mol. The first kappa shape index (κ1) is 15.5. The van der Waals surface area contributed by atoms with Gasteiger partial charge in [0.1, 0.15) is 0 Å². The number of aliphatic carboxylic acids is 1. The first-order valence-electron chi connectivity index (χ1n) is 6.36. The van der Waals surface area contributed by atoms with E-state index in [1.54, 1.807) is 12.1 Å². The number of thiophene rings is 1. The SMILES string of the molecule is O=C(O)CCN(Cc1ccccc1)C(=O)c1ccc(Cl)s1.